The molecule has 0 aliphatic carbocycles. The van der Waals surface area contributed by atoms with Gasteiger partial charge >= 0.3 is 0 Å². The van der Waals surface area contributed by atoms with Crippen LogP contribution in [0.15, 0.2) is 71.4 Å². The lowest BCUT2D eigenvalue weighted by Crippen LogP contribution is -2.35. The largest absolute Gasteiger partial charge is 0.493 e. The van der Waals surface area contributed by atoms with Crippen LogP contribution in [0, 0.1) is 18.7 Å². The van der Waals surface area contributed by atoms with Crippen molar-refractivity contribution in [1.29, 1.82) is 0 Å². The summed E-state index contributed by atoms with van der Waals surface area (Å²) in [4.78, 5) is 11.1. The van der Waals surface area contributed by atoms with Gasteiger partial charge in [-0.25, -0.2) is 4.39 Å². The SMILES string of the molecule is Cc1ccc(-c2noc(-c3cccc(OCC4CCN(Cc5ccccc5F)CC4)c3)n2)cn1. The summed E-state index contributed by atoms with van der Waals surface area (Å²) in [6, 6.07) is 18.6. The predicted molar refractivity (Wildman–Crippen MR) is 128 cm³/mol. The molecule has 1 aliphatic heterocycles. The Morgan fingerprint density at radius 1 is 1.03 bits per heavy atom. The smallest absolute Gasteiger partial charge is 0.258 e. The average Bonchev–Trinajstić information content (AvgIpc) is 3.36. The lowest BCUT2D eigenvalue weighted by atomic mass is 9.97. The third kappa shape index (κ3) is 5.31. The number of nitrogens with zero attached hydrogens (tertiary/aromatic N) is 4. The number of ether oxygens (including phenoxy) is 1. The molecule has 0 amide bonds. The highest BCUT2D eigenvalue weighted by Crippen LogP contribution is 2.26. The van der Waals surface area contributed by atoms with Crippen LogP contribution < -0.4 is 4.74 Å². The standard InChI is InChI=1S/C27H27FN4O2/c1-19-9-10-22(16-29-19)26-30-27(34-31-26)21-6-4-7-24(15-21)33-18-20-11-13-32(14-12-20)17-23-5-2-3-8-25(23)28/h2-10,15-16,20H,11-14,17-18H2,1H3. The van der Waals surface area contributed by atoms with Gasteiger partial charge in [0.05, 0.1) is 6.61 Å². The quantitative estimate of drug-likeness (QED) is 0.362. The van der Waals surface area contributed by atoms with Crippen molar-refractivity contribution in [2.45, 2.75) is 26.3 Å². The maximum Gasteiger partial charge on any atom is 0.258 e. The molecule has 0 bridgehead atoms. The van der Waals surface area contributed by atoms with Crippen LogP contribution in [0.4, 0.5) is 4.39 Å². The molecule has 3 heterocycles. The molecular weight excluding hydrogens is 431 g/mol. The third-order valence-electron chi connectivity index (χ3n) is 6.22. The molecule has 2 aromatic heterocycles. The normalized spacial score (nSPS) is 14.9. The van der Waals surface area contributed by atoms with Gasteiger partial charge in [0.15, 0.2) is 0 Å². The fourth-order valence-corrected chi connectivity index (χ4v) is 4.17. The van der Waals surface area contributed by atoms with Crippen LogP contribution in [0.25, 0.3) is 22.8 Å². The molecule has 0 saturated carbocycles. The van der Waals surface area contributed by atoms with Crippen molar-refractivity contribution < 1.29 is 13.7 Å². The average molecular weight is 459 g/mol. The van der Waals surface area contributed by atoms with E-state index in [1.807, 2.05) is 55.5 Å². The molecule has 1 aliphatic rings. The Labute approximate surface area is 198 Å². The van der Waals surface area contributed by atoms with E-state index in [1.165, 1.54) is 6.07 Å². The van der Waals surface area contributed by atoms with E-state index in [1.54, 1.807) is 12.3 Å². The van der Waals surface area contributed by atoms with Gasteiger partial charge in [-0.2, -0.15) is 4.98 Å². The monoisotopic (exact) mass is 458 g/mol. The van der Waals surface area contributed by atoms with E-state index in [-0.39, 0.29) is 5.82 Å². The molecule has 0 unspecified atom stereocenters. The molecule has 174 valence electrons. The fraction of sp³-hybridized carbons (Fsp3) is 0.296. The summed E-state index contributed by atoms with van der Waals surface area (Å²) in [5.74, 6) is 2.09. The number of hydrogen-bond acceptors (Lipinski definition) is 6. The summed E-state index contributed by atoms with van der Waals surface area (Å²) >= 11 is 0. The molecular formula is C27H27FN4O2. The molecule has 0 atom stereocenters. The van der Waals surface area contributed by atoms with Crippen LogP contribution in [0.3, 0.4) is 0 Å². The molecule has 34 heavy (non-hydrogen) atoms. The Kier molecular flexibility index (Phi) is 6.62. The van der Waals surface area contributed by atoms with Crippen LogP contribution in [0.2, 0.25) is 0 Å². The van der Waals surface area contributed by atoms with E-state index < -0.39 is 0 Å². The van der Waals surface area contributed by atoms with Gasteiger partial charge in [0, 0.05) is 35.1 Å². The van der Waals surface area contributed by atoms with Gasteiger partial charge in [0.25, 0.3) is 5.89 Å². The first-order chi connectivity index (χ1) is 16.6. The first kappa shape index (κ1) is 22.2. The van der Waals surface area contributed by atoms with Crippen molar-refractivity contribution >= 4 is 0 Å². The molecule has 0 spiro atoms. The zero-order valence-electron chi connectivity index (χ0n) is 19.2. The second-order valence-corrected chi connectivity index (χ2v) is 8.76. The highest BCUT2D eigenvalue weighted by atomic mass is 19.1. The fourth-order valence-electron chi connectivity index (χ4n) is 4.17. The second kappa shape index (κ2) is 10.1. The third-order valence-corrected chi connectivity index (χ3v) is 6.22. The lowest BCUT2D eigenvalue weighted by Gasteiger charge is -2.31. The molecule has 5 rings (SSSR count). The molecule has 2 aromatic carbocycles. The van der Waals surface area contributed by atoms with E-state index in [0.29, 0.717) is 30.8 Å². The second-order valence-electron chi connectivity index (χ2n) is 8.76. The van der Waals surface area contributed by atoms with Gasteiger partial charge in [-0.1, -0.05) is 29.4 Å². The number of piperidine rings is 1. The number of halogens is 1. The number of aryl methyl sites for hydroxylation is 1. The maximum absolute atomic E-state index is 13.9. The summed E-state index contributed by atoms with van der Waals surface area (Å²) in [7, 11) is 0. The molecule has 0 radical (unpaired) electrons. The summed E-state index contributed by atoms with van der Waals surface area (Å²) in [6.07, 6.45) is 3.81. The minimum atomic E-state index is -0.128. The van der Waals surface area contributed by atoms with Gasteiger partial charge in [-0.15, -0.1) is 0 Å². The van der Waals surface area contributed by atoms with Crippen LogP contribution in [-0.2, 0) is 6.54 Å². The van der Waals surface area contributed by atoms with E-state index >= 15 is 0 Å². The number of hydrogen-bond donors (Lipinski definition) is 0. The number of aromatic nitrogens is 3. The van der Waals surface area contributed by atoms with Gasteiger partial charge < -0.3 is 9.26 Å². The summed E-state index contributed by atoms with van der Waals surface area (Å²) in [6.45, 7) is 5.14. The highest BCUT2D eigenvalue weighted by molar-refractivity contribution is 5.60. The van der Waals surface area contributed by atoms with Gasteiger partial charge in [-0.3, -0.25) is 9.88 Å². The molecule has 6 nitrogen and oxygen atoms in total. The molecule has 1 fully saturated rings. The maximum atomic E-state index is 13.9. The minimum Gasteiger partial charge on any atom is -0.493 e. The Balaban J connectivity index is 1.15. The zero-order valence-corrected chi connectivity index (χ0v) is 19.2. The van der Waals surface area contributed by atoms with Crippen molar-refractivity contribution in [1.82, 2.24) is 20.0 Å². The Morgan fingerprint density at radius 3 is 2.68 bits per heavy atom. The summed E-state index contributed by atoms with van der Waals surface area (Å²) in [5.41, 5.74) is 3.33. The van der Waals surface area contributed by atoms with E-state index in [2.05, 4.69) is 20.0 Å². The van der Waals surface area contributed by atoms with E-state index in [9.17, 15) is 4.39 Å². The van der Waals surface area contributed by atoms with Crippen LogP contribution in [-0.4, -0.2) is 39.7 Å². The molecule has 7 heteroatoms. The van der Waals surface area contributed by atoms with E-state index in [4.69, 9.17) is 9.26 Å². The highest BCUT2D eigenvalue weighted by Gasteiger charge is 2.21. The first-order valence-corrected chi connectivity index (χ1v) is 11.6. The predicted octanol–water partition coefficient (Wildman–Crippen LogP) is 5.54. The number of likely N-dealkylation sites (tertiary alicyclic amines) is 1. The Bertz CT molecular complexity index is 1230. The molecule has 0 N–H and O–H groups in total. The zero-order chi connectivity index (χ0) is 23.3. The van der Waals surface area contributed by atoms with Gasteiger partial charge in [0.1, 0.15) is 11.6 Å². The number of pyridine rings is 1. The number of rotatable bonds is 7. The molecule has 4 aromatic rings. The van der Waals surface area contributed by atoms with Crippen molar-refractivity contribution in [3.05, 3.63) is 83.9 Å². The van der Waals surface area contributed by atoms with Gasteiger partial charge in [-0.05, 0) is 75.2 Å². The Morgan fingerprint density at radius 2 is 1.88 bits per heavy atom. The lowest BCUT2D eigenvalue weighted by molar-refractivity contribution is 0.136. The number of benzene rings is 2. The van der Waals surface area contributed by atoms with Crippen molar-refractivity contribution in [3.63, 3.8) is 0 Å². The van der Waals surface area contributed by atoms with Crippen molar-refractivity contribution in [3.8, 4) is 28.6 Å². The van der Waals surface area contributed by atoms with Gasteiger partial charge in [0.2, 0.25) is 5.82 Å². The summed E-state index contributed by atoms with van der Waals surface area (Å²) < 4.78 is 25.5. The van der Waals surface area contributed by atoms with Crippen LogP contribution in [0.5, 0.6) is 5.75 Å². The minimum absolute atomic E-state index is 0.128. The Hall–Kier alpha value is -3.58. The van der Waals surface area contributed by atoms with Crippen molar-refractivity contribution in [2.24, 2.45) is 5.92 Å². The van der Waals surface area contributed by atoms with Crippen molar-refractivity contribution in [2.75, 3.05) is 19.7 Å². The first-order valence-electron chi connectivity index (χ1n) is 11.6. The van der Waals surface area contributed by atoms with Crippen LogP contribution >= 0.6 is 0 Å². The topological polar surface area (TPSA) is 64.3 Å². The van der Waals surface area contributed by atoms with Crippen LogP contribution in [0.1, 0.15) is 24.1 Å². The summed E-state index contributed by atoms with van der Waals surface area (Å²) in [5, 5.41) is 4.09. The van der Waals surface area contributed by atoms with E-state index in [0.717, 1.165) is 54.1 Å². The molecule has 1 saturated heterocycles.